The fourth-order valence-electron chi connectivity index (χ4n) is 2.70. The van der Waals surface area contributed by atoms with E-state index in [0.717, 1.165) is 37.7 Å². The van der Waals surface area contributed by atoms with E-state index in [0.29, 0.717) is 17.9 Å². The summed E-state index contributed by atoms with van der Waals surface area (Å²) in [7, 11) is 0. The van der Waals surface area contributed by atoms with Crippen molar-refractivity contribution in [1.82, 2.24) is 0 Å². The summed E-state index contributed by atoms with van der Waals surface area (Å²) in [6, 6.07) is 15.1. The van der Waals surface area contributed by atoms with Crippen LogP contribution in [0.15, 0.2) is 48.5 Å². The van der Waals surface area contributed by atoms with E-state index >= 15 is 0 Å². The number of hydrogen-bond donors (Lipinski definition) is 1. The molecule has 0 aliphatic carbocycles. The summed E-state index contributed by atoms with van der Waals surface area (Å²) in [4.78, 5) is 14.7. The molecule has 1 saturated heterocycles. The lowest BCUT2D eigenvalue weighted by atomic mass is 10.2. The number of benzene rings is 2. The number of carbonyl (C=O) groups excluding carboxylic acids is 1. The van der Waals surface area contributed by atoms with Crippen molar-refractivity contribution < 1.29 is 14.3 Å². The molecule has 1 aliphatic heterocycles. The van der Waals surface area contributed by atoms with Gasteiger partial charge in [0.1, 0.15) is 5.75 Å². The minimum absolute atomic E-state index is 0.143. The average molecular weight is 326 g/mol. The molecule has 3 rings (SSSR count). The molecule has 0 aromatic heterocycles. The van der Waals surface area contributed by atoms with E-state index in [1.54, 1.807) is 12.1 Å². The van der Waals surface area contributed by atoms with Crippen molar-refractivity contribution in [2.75, 3.05) is 43.1 Å². The highest BCUT2D eigenvalue weighted by molar-refractivity contribution is 6.04. The van der Waals surface area contributed by atoms with Gasteiger partial charge in [0.25, 0.3) is 5.91 Å². The van der Waals surface area contributed by atoms with Crippen molar-refractivity contribution in [3.63, 3.8) is 0 Å². The van der Waals surface area contributed by atoms with Crippen molar-refractivity contribution in [3.05, 3.63) is 54.1 Å². The highest BCUT2D eigenvalue weighted by Gasteiger charge is 2.12. The predicted molar refractivity (Wildman–Crippen MR) is 95.0 cm³/mol. The molecule has 0 unspecified atom stereocenters. The molecule has 0 radical (unpaired) electrons. The minimum atomic E-state index is -0.143. The highest BCUT2D eigenvalue weighted by Crippen LogP contribution is 2.21. The molecule has 5 nitrogen and oxygen atoms in total. The maximum Gasteiger partial charge on any atom is 0.255 e. The number of carbonyl (C=O) groups is 1. The Labute approximate surface area is 142 Å². The standard InChI is InChI=1S/C19H22N2O3/c1-2-24-18-8-3-5-15(13-18)19(22)20-16-6-4-7-17(14-16)21-9-11-23-12-10-21/h3-8,13-14H,2,9-12H2,1H3,(H,20,22). The number of anilines is 2. The Morgan fingerprint density at radius 1 is 1.17 bits per heavy atom. The molecule has 0 spiro atoms. The lowest BCUT2D eigenvalue weighted by molar-refractivity contribution is 0.102. The molecule has 1 fully saturated rings. The first-order chi connectivity index (χ1) is 11.8. The number of hydrogen-bond acceptors (Lipinski definition) is 4. The maximum atomic E-state index is 12.5. The van der Waals surface area contributed by atoms with Crippen LogP contribution in [0.1, 0.15) is 17.3 Å². The summed E-state index contributed by atoms with van der Waals surface area (Å²) in [5.74, 6) is 0.558. The van der Waals surface area contributed by atoms with Gasteiger partial charge in [-0.05, 0) is 43.3 Å². The first-order valence-corrected chi connectivity index (χ1v) is 8.23. The molecule has 0 atom stereocenters. The van der Waals surface area contributed by atoms with Crippen LogP contribution in [0.3, 0.4) is 0 Å². The maximum absolute atomic E-state index is 12.5. The molecule has 0 bridgehead atoms. The third-order valence-corrected chi connectivity index (χ3v) is 3.89. The summed E-state index contributed by atoms with van der Waals surface area (Å²) >= 11 is 0. The molecular formula is C19H22N2O3. The van der Waals surface area contributed by atoms with Crippen molar-refractivity contribution in [2.24, 2.45) is 0 Å². The molecule has 2 aromatic rings. The van der Waals surface area contributed by atoms with Gasteiger partial charge in [0.15, 0.2) is 0 Å². The fourth-order valence-corrected chi connectivity index (χ4v) is 2.70. The quantitative estimate of drug-likeness (QED) is 0.917. The van der Waals surface area contributed by atoms with E-state index in [2.05, 4.69) is 16.3 Å². The van der Waals surface area contributed by atoms with E-state index in [1.807, 2.05) is 37.3 Å². The number of nitrogens with one attached hydrogen (secondary N) is 1. The van der Waals surface area contributed by atoms with Gasteiger partial charge in [0.2, 0.25) is 0 Å². The van der Waals surface area contributed by atoms with Gasteiger partial charge in [0.05, 0.1) is 19.8 Å². The normalized spacial score (nSPS) is 14.3. The average Bonchev–Trinajstić information content (AvgIpc) is 2.63. The van der Waals surface area contributed by atoms with Gasteiger partial charge in [-0.1, -0.05) is 12.1 Å². The predicted octanol–water partition coefficient (Wildman–Crippen LogP) is 3.17. The van der Waals surface area contributed by atoms with Crippen molar-refractivity contribution in [3.8, 4) is 5.75 Å². The van der Waals surface area contributed by atoms with Crippen LogP contribution in [0.5, 0.6) is 5.75 Å². The van der Waals surface area contributed by atoms with Crippen LogP contribution in [-0.4, -0.2) is 38.8 Å². The van der Waals surface area contributed by atoms with Gasteiger partial charge in [-0.2, -0.15) is 0 Å². The molecule has 5 heteroatoms. The zero-order valence-electron chi connectivity index (χ0n) is 13.8. The van der Waals surface area contributed by atoms with Crippen LogP contribution in [0.2, 0.25) is 0 Å². The Hall–Kier alpha value is -2.53. The first kappa shape index (κ1) is 16.3. The van der Waals surface area contributed by atoms with Crippen LogP contribution in [0.4, 0.5) is 11.4 Å². The Morgan fingerprint density at radius 3 is 2.75 bits per heavy atom. The van der Waals surface area contributed by atoms with Crippen molar-refractivity contribution in [2.45, 2.75) is 6.92 Å². The smallest absolute Gasteiger partial charge is 0.255 e. The fraction of sp³-hybridized carbons (Fsp3) is 0.316. The summed E-state index contributed by atoms with van der Waals surface area (Å²) in [5.41, 5.74) is 2.46. The second-order valence-electron chi connectivity index (χ2n) is 5.56. The number of nitrogens with zero attached hydrogens (tertiary/aromatic N) is 1. The SMILES string of the molecule is CCOc1cccc(C(=O)Nc2cccc(N3CCOCC3)c2)c1. The largest absolute Gasteiger partial charge is 0.494 e. The third-order valence-electron chi connectivity index (χ3n) is 3.89. The van der Waals surface area contributed by atoms with E-state index in [4.69, 9.17) is 9.47 Å². The van der Waals surface area contributed by atoms with Crippen molar-refractivity contribution >= 4 is 17.3 Å². The number of ether oxygens (including phenoxy) is 2. The second-order valence-corrected chi connectivity index (χ2v) is 5.56. The van der Waals surface area contributed by atoms with Crippen LogP contribution >= 0.6 is 0 Å². The molecule has 0 saturated carbocycles. The van der Waals surface area contributed by atoms with Gasteiger partial charge in [-0.15, -0.1) is 0 Å². The van der Waals surface area contributed by atoms with Gasteiger partial charge < -0.3 is 19.7 Å². The van der Waals surface area contributed by atoms with Crippen LogP contribution < -0.4 is 15.0 Å². The Kier molecular flexibility index (Phi) is 5.33. The zero-order valence-corrected chi connectivity index (χ0v) is 13.8. The molecule has 2 aromatic carbocycles. The number of amides is 1. The van der Waals surface area contributed by atoms with E-state index < -0.39 is 0 Å². The Bertz CT molecular complexity index is 697. The zero-order chi connectivity index (χ0) is 16.8. The summed E-state index contributed by atoms with van der Waals surface area (Å²) in [6.45, 7) is 5.71. The van der Waals surface area contributed by atoms with Gasteiger partial charge in [0, 0.05) is 30.0 Å². The van der Waals surface area contributed by atoms with Crippen LogP contribution in [0.25, 0.3) is 0 Å². The Morgan fingerprint density at radius 2 is 1.96 bits per heavy atom. The molecule has 1 aliphatic rings. The van der Waals surface area contributed by atoms with Crippen LogP contribution in [0, 0.1) is 0 Å². The molecule has 1 amide bonds. The molecule has 1 N–H and O–H groups in total. The summed E-state index contributed by atoms with van der Waals surface area (Å²) in [5, 5.41) is 2.95. The van der Waals surface area contributed by atoms with E-state index in [-0.39, 0.29) is 5.91 Å². The van der Waals surface area contributed by atoms with E-state index in [1.165, 1.54) is 0 Å². The molecule has 24 heavy (non-hydrogen) atoms. The molecule has 126 valence electrons. The van der Waals surface area contributed by atoms with Gasteiger partial charge in [-0.3, -0.25) is 4.79 Å². The Balaban J connectivity index is 1.71. The van der Waals surface area contributed by atoms with Crippen LogP contribution in [-0.2, 0) is 4.74 Å². The lowest BCUT2D eigenvalue weighted by Gasteiger charge is -2.29. The highest BCUT2D eigenvalue weighted by atomic mass is 16.5. The first-order valence-electron chi connectivity index (χ1n) is 8.23. The van der Waals surface area contributed by atoms with E-state index in [9.17, 15) is 4.79 Å². The topological polar surface area (TPSA) is 50.8 Å². The molecular weight excluding hydrogens is 304 g/mol. The summed E-state index contributed by atoms with van der Waals surface area (Å²) in [6.07, 6.45) is 0. The van der Waals surface area contributed by atoms with Gasteiger partial charge in [-0.25, -0.2) is 0 Å². The second kappa shape index (κ2) is 7.84. The van der Waals surface area contributed by atoms with Crippen molar-refractivity contribution in [1.29, 1.82) is 0 Å². The third kappa shape index (κ3) is 4.06. The lowest BCUT2D eigenvalue weighted by Crippen LogP contribution is -2.36. The van der Waals surface area contributed by atoms with Gasteiger partial charge >= 0.3 is 0 Å². The minimum Gasteiger partial charge on any atom is -0.494 e. The number of rotatable bonds is 5. The summed E-state index contributed by atoms with van der Waals surface area (Å²) < 4.78 is 10.8. The monoisotopic (exact) mass is 326 g/mol. The number of morpholine rings is 1. The molecule has 1 heterocycles.